The molecule has 0 unspecified atom stereocenters. The van der Waals surface area contributed by atoms with Crippen molar-refractivity contribution in [3.63, 3.8) is 0 Å². The monoisotopic (exact) mass is 319 g/mol. The maximum absolute atomic E-state index is 12.5. The van der Waals surface area contributed by atoms with E-state index in [4.69, 9.17) is 0 Å². The van der Waals surface area contributed by atoms with Crippen LogP contribution in [0.25, 0.3) is 0 Å². The Bertz CT molecular complexity index is 626. The Hall–Kier alpha value is -1.99. The number of anilines is 1. The van der Waals surface area contributed by atoms with Gasteiger partial charge < -0.3 is 15.3 Å². The Morgan fingerprint density at radius 1 is 1.39 bits per heavy atom. The highest BCUT2D eigenvalue weighted by Gasteiger charge is 2.34. The number of nitrogens with one attached hydrogen (secondary N) is 1. The molecule has 0 aromatic heterocycles. The third-order valence-corrected chi connectivity index (χ3v) is 4.95. The van der Waals surface area contributed by atoms with Crippen LogP contribution in [-0.2, 0) is 11.2 Å². The van der Waals surface area contributed by atoms with Gasteiger partial charge in [0.15, 0.2) is 0 Å². The molecule has 7 heteroatoms. The molecule has 2 N–H and O–H groups in total. The van der Waals surface area contributed by atoms with E-state index in [0.717, 1.165) is 36.9 Å². The molecule has 1 aromatic rings. The van der Waals surface area contributed by atoms with Crippen molar-refractivity contribution in [1.29, 1.82) is 0 Å². The van der Waals surface area contributed by atoms with Crippen LogP contribution in [0.5, 0.6) is 0 Å². The summed E-state index contributed by atoms with van der Waals surface area (Å²) >= 11 is 0. The number of non-ortho nitro benzene ring substituents is 1. The van der Waals surface area contributed by atoms with Gasteiger partial charge in [-0.2, -0.15) is 0 Å². The average molecular weight is 319 g/mol. The van der Waals surface area contributed by atoms with Gasteiger partial charge in [0.1, 0.15) is 0 Å². The lowest BCUT2D eigenvalue weighted by atomic mass is 9.99. The number of hydrogen-bond acceptors (Lipinski definition) is 5. The van der Waals surface area contributed by atoms with Crippen molar-refractivity contribution in [3.8, 4) is 0 Å². The highest BCUT2D eigenvalue weighted by Crippen LogP contribution is 2.32. The van der Waals surface area contributed by atoms with Crippen LogP contribution in [-0.4, -0.2) is 41.2 Å². The van der Waals surface area contributed by atoms with E-state index in [1.807, 2.05) is 0 Å². The largest absolute Gasteiger partial charge is 0.394 e. The third kappa shape index (κ3) is 3.07. The van der Waals surface area contributed by atoms with Crippen molar-refractivity contribution >= 4 is 17.3 Å². The van der Waals surface area contributed by atoms with Gasteiger partial charge in [0, 0.05) is 29.9 Å². The smallest absolute Gasteiger partial charge is 0.269 e. The topological polar surface area (TPSA) is 95.7 Å². The Labute approximate surface area is 134 Å². The van der Waals surface area contributed by atoms with E-state index in [1.54, 1.807) is 17.0 Å². The number of aliphatic hydroxyl groups excluding tert-OH is 1. The van der Waals surface area contributed by atoms with Crippen LogP contribution in [0, 0.1) is 10.1 Å². The summed E-state index contributed by atoms with van der Waals surface area (Å²) in [4.78, 5) is 24.6. The van der Waals surface area contributed by atoms with Crippen molar-refractivity contribution in [2.45, 2.75) is 37.6 Å². The van der Waals surface area contributed by atoms with Crippen LogP contribution in [0.1, 0.15) is 31.2 Å². The predicted molar refractivity (Wildman–Crippen MR) is 85.4 cm³/mol. The fraction of sp³-hybridized carbons (Fsp3) is 0.562. The second-order valence-corrected chi connectivity index (χ2v) is 6.36. The zero-order valence-electron chi connectivity index (χ0n) is 13.0. The molecule has 0 radical (unpaired) electrons. The standard InChI is InChI=1S/C16H21N3O4/c20-11-16(6-1-2-7-16)17-10-15(21)18-8-5-12-9-13(19(22)23)3-4-14(12)18/h3-4,9,17,20H,1-2,5-8,10-11H2. The van der Waals surface area contributed by atoms with Gasteiger partial charge in [-0.3, -0.25) is 14.9 Å². The third-order valence-electron chi connectivity index (χ3n) is 4.95. The van der Waals surface area contributed by atoms with Crippen molar-refractivity contribution in [2.24, 2.45) is 0 Å². The minimum atomic E-state index is -0.419. The molecular formula is C16H21N3O4. The highest BCUT2D eigenvalue weighted by molar-refractivity contribution is 5.97. The van der Waals surface area contributed by atoms with E-state index < -0.39 is 4.92 Å². The van der Waals surface area contributed by atoms with Gasteiger partial charge in [-0.25, -0.2) is 0 Å². The Kier molecular flexibility index (Phi) is 4.32. The molecule has 1 aliphatic carbocycles. The predicted octanol–water partition coefficient (Wildman–Crippen LogP) is 1.38. The molecule has 0 spiro atoms. The summed E-state index contributed by atoms with van der Waals surface area (Å²) in [6.07, 6.45) is 4.54. The highest BCUT2D eigenvalue weighted by atomic mass is 16.6. The van der Waals surface area contributed by atoms with Gasteiger partial charge in [0.2, 0.25) is 5.91 Å². The molecule has 2 aliphatic rings. The number of fused-ring (bicyclic) bond motifs is 1. The number of nitro groups is 1. The van der Waals surface area contributed by atoms with Crippen molar-refractivity contribution in [1.82, 2.24) is 5.32 Å². The number of nitrogens with zero attached hydrogens (tertiary/aromatic N) is 2. The summed E-state index contributed by atoms with van der Waals surface area (Å²) in [5, 5.41) is 23.6. The summed E-state index contributed by atoms with van der Waals surface area (Å²) < 4.78 is 0. The molecule has 3 rings (SSSR count). The van der Waals surface area contributed by atoms with Gasteiger partial charge in [-0.1, -0.05) is 12.8 Å². The fourth-order valence-corrected chi connectivity index (χ4v) is 3.56. The first-order valence-corrected chi connectivity index (χ1v) is 7.98. The first-order chi connectivity index (χ1) is 11.0. The SMILES string of the molecule is O=C(CNC1(CO)CCCC1)N1CCc2cc([N+](=O)[O-])ccc21. The van der Waals surface area contributed by atoms with E-state index in [1.165, 1.54) is 6.07 Å². The molecule has 0 saturated heterocycles. The van der Waals surface area contributed by atoms with Crippen molar-refractivity contribution < 1.29 is 14.8 Å². The summed E-state index contributed by atoms with van der Waals surface area (Å²) in [6.45, 7) is 0.767. The van der Waals surface area contributed by atoms with Crippen LogP contribution in [0.15, 0.2) is 18.2 Å². The van der Waals surface area contributed by atoms with E-state index >= 15 is 0 Å². The number of hydrogen-bond donors (Lipinski definition) is 2. The van der Waals surface area contributed by atoms with E-state index in [0.29, 0.717) is 13.0 Å². The van der Waals surface area contributed by atoms with Gasteiger partial charge in [-0.15, -0.1) is 0 Å². The van der Waals surface area contributed by atoms with Gasteiger partial charge in [-0.05, 0) is 30.9 Å². The van der Waals surface area contributed by atoms with Crippen molar-refractivity contribution in [2.75, 3.05) is 24.6 Å². The summed E-state index contributed by atoms with van der Waals surface area (Å²) in [5.74, 6) is -0.0580. The van der Waals surface area contributed by atoms with Crippen LogP contribution in [0.3, 0.4) is 0 Å². The Morgan fingerprint density at radius 2 is 2.13 bits per heavy atom. The van der Waals surface area contributed by atoms with Gasteiger partial charge >= 0.3 is 0 Å². The molecule has 1 aromatic carbocycles. The molecule has 7 nitrogen and oxygen atoms in total. The number of nitro benzene ring substituents is 1. The second kappa shape index (κ2) is 6.25. The number of carbonyl (C=O) groups is 1. The molecule has 1 heterocycles. The lowest BCUT2D eigenvalue weighted by Crippen LogP contribution is -2.50. The summed E-state index contributed by atoms with van der Waals surface area (Å²) in [7, 11) is 0. The molecule has 0 bridgehead atoms. The van der Waals surface area contributed by atoms with Gasteiger partial charge in [0.05, 0.1) is 18.1 Å². The molecule has 1 fully saturated rings. The zero-order chi connectivity index (χ0) is 16.4. The molecule has 124 valence electrons. The Balaban J connectivity index is 1.67. The minimum absolute atomic E-state index is 0.0447. The number of aliphatic hydroxyl groups is 1. The number of amides is 1. The molecule has 1 amide bonds. The molecular weight excluding hydrogens is 298 g/mol. The summed E-state index contributed by atoms with van der Waals surface area (Å²) in [5.41, 5.74) is 1.33. The second-order valence-electron chi connectivity index (χ2n) is 6.36. The van der Waals surface area contributed by atoms with Gasteiger partial charge in [0.25, 0.3) is 5.69 Å². The average Bonchev–Trinajstić information content (AvgIpc) is 3.19. The first-order valence-electron chi connectivity index (χ1n) is 7.98. The molecule has 1 saturated carbocycles. The number of rotatable bonds is 5. The van der Waals surface area contributed by atoms with Crippen LogP contribution in [0.2, 0.25) is 0 Å². The number of carbonyl (C=O) groups excluding carboxylic acids is 1. The first kappa shape index (κ1) is 15.9. The summed E-state index contributed by atoms with van der Waals surface area (Å²) in [6, 6.07) is 4.63. The van der Waals surface area contributed by atoms with E-state index in [-0.39, 0.29) is 30.3 Å². The maximum atomic E-state index is 12.5. The normalized spacial score (nSPS) is 18.9. The lowest BCUT2D eigenvalue weighted by molar-refractivity contribution is -0.384. The Morgan fingerprint density at radius 3 is 2.78 bits per heavy atom. The number of benzene rings is 1. The fourth-order valence-electron chi connectivity index (χ4n) is 3.56. The maximum Gasteiger partial charge on any atom is 0.269 e. The molecule has 1 aliphatic heterocycles. The lowest BCUT2D eigenvalue weighted by Gasteiger charge is -2.29. The van der Waals surface area contributed by atoms with Crippen molar-refractivity contribution in [3.05, 3.63) is 33.9 Å². The quantitative estimate of drug-likeness (QED) is 0.631. The molecule has 0 atom stereocenters. The van der Waals surface area contributed by atoms with E-state index in [9.17, 15) is 20.0 Å². The van der Waals surface area contributed by atoms with E-state index in [2.05, 4.69) is 5.32 Å². The minimum Gasteiger partial charge on any atom is -0.394 e. The molecule has 23 heavy (non-hydrogen) atoms. The van der Waals surface area contributed by atoms with Crippen LogP contribution >= 0.6 is 0 Å². The zero-order valence-corrected chi connectivity index (χ0v) is 13.0. The van der Waals surface area contributed by atoms with Crippen LogP contribution < -0.4 is 10.2 Å². The van der Waals surface area contributed by atoms with Crippen LogP contribution in [0.4, 0.5) is 11.4 Å².